The summed E-state index contributed by atoms with van der Waals surface area (Å²) in [4.78, 5) is 0.659. The normalized spacial score (nSPS) is 14.8. The molecule has 0 spiro atoms. The number of benzene rings is 1. The van der Waals surface area contributed by atoms with Crippen molar-refractivity contribution in [3.8, 4) is 0 Å². The molecular formula is C12H18FNOS. The van der Waals surface area contributed by atoms with Crippen LogP contribution in [0.15, 0.2) is 23.1 Å². The molecule has 0 aromatic heterocycles. The van der Waals surface area contributed by atoms with Gasteiger partial charge < -0.3 is 10.4 Å². The SMILES string of the molecule is CSc1ccc(C(C)NCC(C)O)cc1F. The van der Waals surface area contributed by atoms with Crippen LogP contribution >= 0.6 is 11.8 Å². The van der Waals surface area contributed by atoms with Crippen LogP contribution in [0.3, 0.4) is 0 Å². The van der Waals surface area contributed by atoms with Crippen LogP contribution in [-0.4, -0.2) is 24.0 Å². The number of nitrogens with one attached hydrogen (secondary N) is 1. The van der Waals surface area contributed by atoms with Gasteiger partial charge in [0.05, 0.1) is 6.10 Å². The van der Waals surface area contributed by atoms with Gasteiger partial charge in [-0.2, -0.15) is 0 Å². The first-order valence-electron chi connectivity index (χ1n) is 5.29. The standard InChI is InChI=1S/C12H18FNOS/c1-8(15)7-14-9(2)10-4-5-12(16-3)11(13)6-10/h4-6,8-9,14-15H,7H2,1-3H3. The number of rotatable bonds is 5. The quantitative estimate of drug-likeness (QED) is 0.780. The van der Waals surface area contributed by atoms with Crippen molar-refractivity contribution in [3.63, 3.8) is 0 Å². The summed E-state index contributed by atoms with van der Waals surface area (Å²) in [6.07, 6.45) is 1.46. The first-order valence-corrected chi connectivity index (χ1v) is 6.52. The highest BCUT2D eigenvalue weighted by molar-refractivity contribution is 7.98. The Morgan fingerprint density at radius 3 is 2.62 bits per heavy atom. The maximum atomic E-state index is 13.5. The molecule has 0 amide bonds. The molecular weight excluding hydrogens is 225 g/mol. The van der Waals surface area contributed by atoms with Crippen LogP contribution in [0.1, 0.15) is 25.5 Å². The number of aliphatic hydroxyl groups is 1. The molecule has 0 bridgehead atoms. The van der Waals surface area contributed by atoms with Crippen molar-refractivity contribution in [1.29, 1.82) is 0 Å². The van der Waals surface area contributed by atoms with E-state index in [4.69, 9.17) is 5.11 Å². The van der Waals surface area contributed by atoms with Gasteiger partial charge in [0.2, 0.25) is 0 Å². The van der Waals surface area contributed by atoms with E-state index < -0.39 is 6.10 Å². The number of hydrogen-bond acceptors (Lipinski definition) is 3. The molecule has 1 aromatic carbocycles. The number of hydrogen-bond donors (Lipinski definition) is 2. The highest BCUT2D eigenvalue weighted by atomic mass is 32.2. The van der Waals surface area contributed by atoms with E-state index in [-0.39, 0.29) is 11.9 Å². The molecule has 4 heteroatoms. The Morgan fingerprint density at radius 2 is 2.12 bits per heavy atom. The van der Waals surface area contributed by atoms with Gasteiger partial charge in [-0.05, 0) is 37.8 Å². The van der Waals surface area contributed by atoms with Crippen LogP contribution in [0.2, 0.25) is 0 Å². The number of halogens is 1. The molecule has 0 saturated heterocycles. The lowest BCUT2D eigenvalue weighted by atomic mass is 10.1. The van der Waals surface area contributed by atoms with Gasteiger partial charge in [0, 0.05) is 17.5 Å². The van der Waals surface area contributed by atoms with Crippen LogP contribution in [0, 0.1) is 5.82 Å². The molecule has 16 heavy (non-hydrogen) atoms. The third-order valence-electron chi connectivity index (χ3n) is 2.40. The van der Waals surface area contributed by atoms with Gasteiger partial charge in [-0.3, -0.25) is 0 Å². The van der Waals surface area contributed by atoms with Crippen LogP contribution in [0.25, 0.3) is 0 Å². The molecule has 2 nitrogen and oxygen atoms in total. The third kappa shape index (κ3) is 3.77. The average molecular weight is 243 g/mol. The van der Waals surface area contributed by atoms with Gasteiger partial charge in [0.1, 0.15) is 5.82 Å². The van der Waals surface area contributed by atoms with Crippen LogP contribution < -0.4 is 5.32 Å². The zero-order valence-corrected chi connectivity index (χ0v) is 10.6. The molecule has 1 aromatic rings. The predicted molar refractivity (Wildman–Crippen MR) is 66.3 cm³/mol. The second kappa shape index (κ2) is 6.23. The Hall–Kier alpha value is -0.580. The minimum atomic E-state index is -0.391. The lowest BCUT2D eigenvalue weighted by molar-refractivity contribution is 0.187. The first kappa shape index (κ1) is 13.5. The molecule has 2 atom stereocenters. The van der Waals surface area contributed by atoms with Gasteiger partial charge in [0.25, 0.3) is 0 Å². The summed E-state index contributed by atoms with van der Waals surface area (Å²) in [6, 6.07) is 5.29. The zero-order chi connectivity index (χ0) is 12.1. The molecule has 1 rings (SSSR count). The van der Waals surface area contributed by atoms with E-state index in [2.05, 4.69) is 5.32 Å². The average Bonchev–Trinajstić information content (AvgIpc) is 2.25. The van der Waals surface area contributed by atoms with Crippen molar-refractivity contribution >= 4 is 11.8 Å². The van der Waals surface area contributed by atoms with Crippen molar-refractivity contribution in [1.82, 2.24) is 5.32 Å². The number of aliphatic hydroxyl groups excluding tert-OH is 1. The minimum absolute atomic E-state index is 0.0417. The van der Waals surface area contributed by atoms with Crippen molar-refractivity contribution in [2.24, 2.45) is 0 Å². The Bertz CT molecular complexity index is 344. The Kier molecular flexibility index (Phi) is 5.25. The Labute approximate surface area is 100 Å². The predicted octanol–water partition coefficient (Wildman–Crippen LogP) is 2.58. The molecule has 2 N–H and O–H groups in total. The van der Waals surface area contributed by atoms with Gasteiger partial charge in [0.15, 0.2) is 0 Å². The highest BCUT2D eigenvalue weighted by Gasteiger charge is 2.09. The van der Waals surface area contributed by atoms with Crippen LogP contribution in [0.5, 0.6) is 0 Å². The summed E-state index contributed by atoms with van der Waals surface area (Å²) in [7, 11) is 0. The summed E-state index contributed by atoms with van der Waals surface area (Å²) in [5.41, 5.74) is 0.899. The van der Waals surface area contributed by atoms with E-state index in [0.29, 0.717) is 11.4 Å². The second-order valence-electron chi connectivity index (χ2n) is 3.87. The first-order chi connectivity index (χ1) is 7.54. The molecule has 0 heterocycles. The summed E-state index contributed by atoms with van der Waals surface area (Å²) in [5, 5.41) is 12.3. The summed E-state index contributed by atoms with van der Waals surface area (Å²) < 4.78 is 13.5. The smallest absolute Gasteiger partial charge is 0.137 e. The van der Waals surface area contributed by atoms with E-state index in [1.54, 1.807) is 19.1 Å². The van der Waals surface area contributed by atoms with E-state index in [1.165, 1.54) is 11.8 Å². The molecule has 0 radical (unpaired) electrons. The molecule has 0 aliphatic carbocycles. The lowest BCUT2D eigenvalue weighted by Gasteiger charge is -2.16. The molecule has 0 aliphatic heterocycles. The fourth-order valence-corrected chi connectivity index (χ4v) is 1.88. The maximum absolute atomic E-state index is 13.5. The molecule has 2 unspecified atom stereocenters. The Balaban J connectivity index is 2.69. The fourth-order valence-electron chi connectivity index (χ4n) is 1.42. The zero-order valence-electron chi connectivity index (χ0n) is 9.83. The fraction of sp³-hybridized carbons (Fsp3) is 0.500. The molecule has 0 saturated carbocycles. The highest BCUT2D eigenvalue weighted by Crippen LogP contribution is 2.22. The monoisotopic (exact) mass is 243 g/mol. The van der Waals surface area contributed by atoms with Gasteiger partial charge in [-0.25, -0.2) is 4.39 Å². The lowest BCUT2D eigenvalue weighted by Crippen LogP contribution is -2.27. The van der Waals surface area contributed by atoms with Crippen molar-refractivity contribution in [3.05, 3.63) is 29.6 Å². The molecule has 90 valence electrons. The third-order valence-corrected chi connectivity index (χ3v) is 3.17. The van der Waals surface area contributed by atoms with E-state index in [0.717, 1.165) is 5.56 Å². The summed E-state index contributed by atoms with van der Waals surface area (Å²) in [6.45, 7) is 4.18. The summed E-state index contributed by atoms with van der Waals surface area (Å²) in [5.74, 6) is -0.185. The molecule has 0 fully saturated rings. The maximum Gasteiger partial charge on any atom is 0.137 e. The van der Waals surface area contributed by atoms with Crippen LogP contribution in [-0.2, 0) is 0 Å². The Morgan fingerprint density at radius 1 is 1.44 bits per heavy atom. The van der Waals surface area contributed by atoms with Gasteiger partial charge >= 0.3 is 0 Å². The van der Waals surface area contributed by atoms with Crippen molar-refractivity contribution < 1.29 is 9.50 Å². The topological polar surface area (TPSA) is 32.3 Å². The van der Waals surface area contributed by atoms with Gasteiger partial charge in [-0.1, -0.05) is 6.07 Å². The van der Waals surface area contributed by atoms with Crippen LogP contribution in [0.4, 0.5) is 4.39 Å². The van der Waals surface area contributed by atoms with Gasteiger partial charge in [-0.15, -0.1) is 11.8 Å². The van der Waals surface area contributed by atoms with Crippen molar-refractivity contribution in [2.75, 3.05) is 12.8 Å². The van der Waals surface area contributed by atoms with E-state index >= 15 is 0 Å². The largest absolute Gasteiger partial charge is 0.392 e. The van der Waals surface area contributed by atoms with Crippen molar-refractivity contribution in [2.45, 2.75) is 30.9 Å². The molecule has 0 aliphatic rings. The van der Waals surface area contributed by atoms with E-state index in [9.17, 15) is 4.39 Å². The summed E-state index contributed by atoms with van der Waals surface area (Å²) >= 11 is 1.40. The minimum Gasteiger partial charge on any atom is -0.392 e. The number of thioether (sulfide) groups is 1. The second-order valence-corrected chi connectivity index (χ2v) is 4.72. The van der Waals surface area contributed by atoms with E-state index in [1.807, 2.05) is 19.2 Å².